The van der Waals surface area contributed by atoms with Crippen molar-refractivity contribution < 1.29 is 41.8 Å². The maximum absolute atomic E-state index is 13.1. The Hall–Kier alpha value is -4.45. The number of halogens is 3. The summed E-state index contributed by atoms with van der Waals surface area (Å²) >= 11 is 0.638. The summed E-state index contributed by atoms with van der Waals surface area (Å²) in [7, 11) is 2.71. The number of thioether (sulfide) groups is 1. The molecule has 1 saturated heterocycles. The van der Waals surface area contributed by atoms with Crippen LogP contribution >= 0.6 is 11.8 Å². The molecule has 0 bridgehead atoms. The van der Waals surface area contributed by atoms with Crippen molar-refractivity contribution in [2.75, 3.05) is 26.1 Å². The van der Waals surface area contributed by atoms with E-state index in [0.717, 1.165) is 23.3 Å². The van der Waals surface area contributed by atoms with Gasteiger partial charge in [-0.15, -0.1) is 0 Å². The molecule has 4 rings (SSSR count). The van der Waals surface area contributed by atoms with E-state index in [-0.39, 0.29) is 16.3 Å². The second-order valence-electron chi connectivity index (χ2n) is 8.91. The first-order valence-electron chi connectivity index (χ1n) is 12.2. The highest BCUT2D eigenvalue weighted by Gasteiger charge is 2.37. The molecule has 0 aliphatic carbocycles. The Morgan fingerprint density at radius 2 is 1.63 bits per heavy atom. The lowest BCUT2D eigenvalue weighted by Crippen LogP contribution is -2.36. The molecule has 0 aromatic heterocycles. The van der Waals surface area contributed by atoms with Crippen LogP contribution < -0.4 is 19.5 Å². The number of nitrogens with one attached hydrogen (secondary N) is 1. The lowest BCUT2D eigenvalue weighted by molar-refractivity contribution is -0.137. The van der Waals surface area contributed by atoms with Crippen molar-refractivity contribution in [3.8, 4) is 17.2 Å². The normalized spacial score (nSPS) is 14.4. The number of benzene rings is 3. The first-order chi connectivity index (χ1) is 19.5. The Morgan fingerprint density at radius 1 is 0.951 bits per heavy atom. The second kappa shape index (κ2) is 12.4. The average molecular weight is 587 g/mol. The molecule has 1 heterocycles. The highest BCUT2D eigenvalue weighted by Crippen LogP contribution is 2.36. The molecule has 41 heavy (non-hydrogen) atoms. The molecular formula is C29H25F3N2O6S. The maximum Gasteiger partial charge on any atom is 0.416 e. The Balaban J connectivity index is 1.44. The van der Waals surface area contributed by atoms with Gasteiger partial charge in [-0.2, -0.15) is 13.2 Å². The van der Waals surface area contributed by atoms with Crippen molar-refractivity contribution in [1.82, 2.24) is 4.90 Å². The third-order valence-electron chi connectivity index (χ3n) is 5.98. The number of hydrogen-bond acceptors (Lipinski definition) is 7. The van der Waals surface area contributed by atoms with E-state index in [2.05, 4.69) is 5.32 Å². The van der Waals surface area contributed by atoms with Gasteiger partial charge in [0.25, 0.3) is 11.1 Å². The topological polar surface area (TPSA) is 94.2 Å². The van der Waals surface area contributed by atoms with Crippen LogP contribution in [0, 0.1) is 6.92 Å². The van der Waals surface area contributed by atoms with Gasteiger partial charge in [0.2, 0.25) is 5.91 Å². The number of methoxy groups -OCH3 is 2. The van der Waals surface area contributed by atoms with E-state index in [0.29, 0.717) is 46.4 Å². The van der Waals surface area contributed by atoms with E-state index in [1.54, 1.807) is 18.2 Å². The molecule has 1 aliphatic rings. The molecule has 214 valence electrons. The molecular weight excluding hydrogens is 561 g/mol. The molecule has 1 aliphatic heterocycles. The Morgan fingerprint density at radius 3 is 2.29 bits per heavy atom. The molecule has 0 radical (unpaired) electrons. The van der Waals surface area contributed by atoms with Gasteiger partial charge in [-0.3, -0.25) is 19.3 Å². The number of amides is 3. The molecule has 3 aromatic carbocycles. The van der Waals surface area contributed by atoms with Gasteiger partial charge >= 0.3 is 6.18 Å². The minimum absolute atomic E-state index is 0.0133. The highest BCUT2D eigenvalue weighted by molar-refractivity contribution is 8.18. The number of carbonyl (C=O) groups excluding carboxylic acids is 3. The largest absolute Gasteiger partial charge is 0.495 e. The minimum atomic E-state index is -4.64. The van der Waals surface area contributed by atoms with Crippen LogP contribution in [-0.4, -0.2) is 42.7 Å². The van der Waals surface area contributed by atoms with Gasteiger partial charge in [-0.05, 0) is 66.2 Å². The summed E-state index contributed by atoms with van der Waals surface area (Å²) in [5.74, 6) is -0.701. The fraction of sp³-hybridized carbons (Fsp3) is 0.207. The summed E-state index contributed by atoms with van der Waals surface area (Å²) in [4.78, 5) is 38.8. The number of anilines is 1. The van der Waals surface area contributed by atoms with E-state index < -0.39 is 35.3 Å². The molecule has 1 fully saturated rings. The van der Waals surface area contributed by atoms with E-state index in [1.165, 1.54) is 20.3 Å². The zero-order valence-electron chi connectivity index (χ0n) is 22.2. The summed E-state index contributed by atoms with van der Waals surface area (Å²) in [6, 6.07) is 15.5. The highest BCUT2D eigenvalue weighted by atomic mass is 32.2. The van der Waals surface area contributed by atoms with Crippen molar-refractivity contribution in [3.05, 3.63) is 87.8 Å². The van der Waals surface area contributed by atoms with E-state index in [1.807, 2.05) is 31.2 Å². The van der Waals surface area contributed by atoms with Crippen molar-refractivity contribution >= 4 is 40.6 Å². The van der Waals surface area contributed by atoms with Gasteiger partial charge in [0.05, 0.1) is 30.4 Å². The third-order valence-corrected chi connectivity index (χ3v) is 6.88. The number of ether oxygens (including phenoxy) is 3. The van der Waals surface area contributed by atoms with Crippen molar-refractivity contribution in [2.45, 2.75) is 19.7 Å². The predicted molar refractivity (Wildman–Crippen MR) is 148 cm³/mol. The van der Waals surface area contributed by atoms with Crippen LogP contribution in [-0.2, 0) is 22.4 Å². The summed E-state index contributed by atoms with van der Waals surface area (Å²) in [5, 5.41) is 1.59. The van der Waals surface area contributed by atoms with Crippen LogP contribution in [0.5, 0.6) is 17.2 Å². The first-order valence-corrected chi connectivity index (χ1v) is 13.0. The fourth-order valence-corrected chi connectivity index (χ4v) is 4.68. The summed E-state index contributed by atoms with van der Waals surface area (Å²) in [6.07, 6.45) is -3.16. The number of aryl methyl sites for hydroxylation is 1. The fourth-order valence-electron chi connectivity index (χ4n) is 3.84. The minimum Gasteiger partial charge on any atom is -0.495 e. The summed E-state index contributed by atoms with van der Waals surface area (Å²) in [5.41, 5.74) is 1.42. The molecule has 0 spiro atoms. The number of carbonyl (C=O) groups is 3. The van der Waals surface area contributed by atoms with Crippen molar-refractivity contribution in [1.29, 1.82) is 0 Å². The van der Waals surface area contributed by atoms with E-state index >= 15 is 0 Å². The predicted octanol–water partition coefficient (Wildman–Crippen LogP) is 6.29. The molecule has 0 unspecified atom stereocenters. The number of rotatable bonds is 9. The van der Waals surface area contributed by atoms with Crippen molar-refractivity contribution in [2.24, 2.45) is 0 Å². The van der Waals surface area contributed by atoms with Gasteiger partial charge in [0, 0.05) is 0 Å². The van der Waals surface area contributed by atoms with E-state index in [9.17, 15) is 27.6 Å². The number of hydrogen-bond donors (Lipinski definition) is 1. The van der Waals surface area contributed by atoms with Gasteiger partial charge in [0.1, 0.15) is 18.9 Å². The standard InChI is InChI=1S/C29H25F3N2O6S/c1-17-4-6-18(7-5-17)16-40-23-10-8-19(12-24(23)39-3)13-25-27(36)34(28(37)41-25)15-26(35)33-21-14-20(29(30,31)32)9-11-22(21)38-2/h4-14H,15-16H2,1-3H3,(H,33,35)/b25-13-. The molecule has 8 nitrogen and oxygen atoms in total. The van der Waals surface area contributed by atoms with Crippen LogP contribution in [0.4, 0.5) is 23.7 Å². The van der Waals surface area contributed by atoms with Gasteiger partial charge < -0.3 is 19.5 Å². The van der Waals surface area contributed by atoms with Gasteiger partial charge in [-0.1, -0.05) is 35.9 Å². The molecule has 12 heteroatoms. The lowest BCUT2D eigenvalue weighted by atomic mass is 10.1. The lowest BCUT2D eigenvalue weighted by Gasteiger charge is -2.16. The molecule has 3 amide bonds. The van der Waals surface area contributed by atoms with Gasteiger partial charge in [0.15, 0.2) is 11.5 Å². The number of imide groups is 1. The maximum atomic E-state index is 13.1. The van der Waals surface area contributed by atoms with Crippen LogP contribution in [0.2, 0.25) is 0 Å². The number of nitrogens with zero attached hydrogens (tertiary/aromatic N) is 1. The van der Waals surface area contributed by atoms with Crippen LogP contribution in [0.1, 0.15) is 22.3 Å². The Labute approximate surface area is 238 Å². The second-order valence-corrected chi connectivity index (χ2v) is 9.91. The SMILES string of the molecule is COc1ccc(C(F)(F)F)cc1NC(=O)CN1C(=O)S/C(=C\c2ccc(OCc3ccc(C)cc3)c(OC)c2)C1=O. The zero-order chi connectivity index (χ0) is 29.7. The average Bonchev–Trinajstić information content (AvgIpc) is 3.19. The monoisotopic (exact) mass is 586 g/mol. The van der Waals surface area contributed by atoms with Gasteiger partial charge in [-0.25, -0.2) is 0 Å². The quantitative estimate of drug-likeness (QED) is 0.295. The summed E-state index contributed by atoms with van der Waals surface area (Å²) < 4.78 is 55.6. The Bertz CT molecular complexity index is 1510. The first kappa shape index (κ1) is 29.5. The molecule has 3 aromatic rings. The molecule has 0 saturated carbocycles. The Kier molecular flexibility index (Phi) is 8.92. The smallest absolute Gasteiger partial charge is 0.416 e. The third kappa shape index (κ3) is 7.20. The van der Waals surface area contributed by atoms with E-state index in [4.69, 9.17) is 14.2 Å². The zero-order valence-corrected chi connectivity index (χ0v) is 23.0. The van der Waals surface area contributed by atoms with Crippen LogP contribution in [0.25, 0.3) is 6.08 Å². The number of alkyl halides is 3. The summed E-state index contributed by atoms with van der Waals surface area (Å²) in [6.45, 7) is 1.62. The van der Waals surface area contributed by atoms with Crippen LogP contribution in [0.3, 0.4) is 0 Å². The van der Waals surface area contributed by atoms with Crippen molar-refractivity contribution in [3.63, 3.8) is 0 Å². The van der Waals surface area contributed by atoms with Crippen LogP contribution in [0.15, 0.2) is 65.6 Å². The molecule has 0 atom stereocenters. The molecule has 1 N–H and O–H groups in total.